The largest absolute Gasteiger partial charge is 0.496 e. The van der Waals surface area contributed by atoms with Crippen molar-refractivity contribution in [3.05, 3.63) is 40.0 Å². The van der Waals surface area contributed by atoms with Crippen LogP contribution in [-0.2, 0) is 9.59 Å². The van der Waals surface area contributed by atoms with E-state index in [4.69, 9.17) is 4.74 Å². The minimum atomic E-state index is -0.598. The van der Waals surface area contributed by atoms with E-state index in [9.17, 15) is 19.7 Å². The summed E-state index contributed by atoms with van der Waals surface area (Å²) >= 11 is 0. The van der Waals surface area contributed by atoms with Crippen LogP contribution in [0.1, 0.15) is 5.56 Å². The van der Waals surface area contributed by atoms with Crippen LogP contribution in [0.15, 0.2) is 24.3 Å². The van der Waals surface area contributed by atoms with Gasteiger partial charge in [-0.05, 0) is 6.07 Å². The molecule has 1 aliphatic heterocycles. The molecule has 2 amide bonds. The molecule has 0 unspecified atom stereocenters. The van der Waals surface area contributed by atoms with Crippen molar-refractivity contribution in [3.63, 3.8) is 0 Å². The second-order valence-electron chi connectivity index (χ2n) is 3.52. The van der Waals surface area contributed by atoms with Gasteiger partial charge in [0.15, 0.2) is 0 Å². The number of hydrogen-bond acceptors (Lipinski definition) is 5. The molecule has 1 aliphatic rings. The number of nitro groups is 1. The average Bonchev–Trinajstić information content (AvgIpc) is 2.67. The number of nitrogens with one attached hydrogen (secondary N) is 1. The smallest absolute Gasteiger partial charge is 0.270 e. The van der Waals surface area contributed by atoms with Gasteiger partial charge in [0.25, 0.3) is 17.5 Å². The van der Waals surface area contributed by atoms with Crippen LogP contribution in [0.5, 0.6) is 5.75 Å². The molecule has 1 N–H and O–H groups in total. The van der Waals surface area contributed by atoms with Crippen LogP contribution in [-0.4, -0.2) is 23.8 Å². The number of amides is 2. The molecule has 0 atom stereocenters. The molecule has 0 spiro atoms. The van der Waals surface area contributed by atoms with E-state index < -0.39 is 16.7 Å². The van der Waals surface area contributed by atoms with Crippen LogP contribution >= 0.6 is 0 Å². The van der Waals surface area contributed by atoms with Crippen LogP contribution < -0.4 is 10.1 Å². The highest BCUT2D eigenvalue weighted by Crippen LogP contribution is 2.31. The molecule has 0 radical (unpaired) electrons. The molecule has 0 bridgehead atoms. The number of methoxy groups -OCH3 is 1. The number of carbonyl (C=O) groups excluding carboxylic acids is 2. The van der Waals surface area contributed by atoms with Gasteiger partial charge >= 0.3 is 0 Å². The number of benzene rings is 1. The predicted molar refractivity (Wildman–Crippen MR) is 60.8 cm³/mol. The first-order chi connectivity index (χ1) is 8.52. The van der Waals surface area contributed by atoms with Crippen molar-refractivity contribution >= 4 is 23.1 Å². The highest BCUT2D eigenvalue weighted by atomic mass is 16.6. The lowest BCUT2D eigenvalue weighted by Gasteiger charge is -2.07. The van der Waals surface area contributed by atoms with Crippen molar-refractivity contribution in [1.29, 1.82) is 0 Å². The van der Waals surface area contributed by atoms with Crippen molar-refractivity contribution in [2.45, 2.75) is 0 Å². The summed E-state index contributed by atoms with van der Waals surface area (Å²) < 4.78 is 5.02. The standard InChI is InChI=1S/C11H8N2O5/c1-18-9-3-2-6(13(16)17)4-7(9)8-5-10(14)12-11(8)15/h2-5H,1H3,(H,12,14,15). The molecular weight excluding hydrogens is 240 g/mol. The van der Waals surface area contributed by atoms with Gasteiger partial charge in [-0.1, -0.05) is 0 Å². The first-order valence-electron chi connectivity index (χ1n) is 4.92. The second kappa shape index (κ2) is 4.28. The maximum absolute atomic E-state index is 11.5. The third kappa shape index (κ3) is 1.93. The van der Waals surface area contributed by atoms with Crippen LogP contribution in [0.25, 0.3) is 5.57 Å². The lowest BCUT2D eigenvalue weighted by atomic mass is 10.0. The van der Waals surface area contributed by atoms with Gasteiger partial charge in [-0.15, -0.1) is 0 Å². The fraction of sp³-hybridized carbons (Fsp3) is 0.0909. The molecular formula is C11H8N2O5. The quantitative estimate of drug-likeness (QED) is 0.481. The number of nitrogens with zero attached hydrogens (tertiary/aromatic N) is 1. The summed E-state index contributed by atoms with van der Waals surface area (Å²) in [6, 6.07) is 3.84. The van der Waals surface area contributed by atoms with Crippen molar-refractivity contribution in [3.8, 4) is 5.75 Å². The zero-order valence-electron chi connectivity index (χ0n) is 9.30. The molecule has 0 saturated carbocycles. The van der Waals surface area contributed by atoms with Crippen LogP contribution in [0.4, 0.5) is 5.69 Å². The SMILES string of the molecule is COc1ccc([N+](=O)[O-])cc1C1=CC(=O)NC1=O. The molecule has 0 aromatic heterocycles. The van der Waals surface area contributed by atoms with E-state index in [0.29, 0.717) is 0 Å². The van der Waals surface area contributed by atoms with E-state index in [1.807, 2.05) is 0 Å². The van der Waals surface area contributed by atoms with Crippen molar-refractivity contribution < 1.29 is 19.2 Å². The predicted octanol–water partition coefficient (Wildman–Crippen LogP) is 0.643. The molecule has 92 valence electrons. The van der Waals surface area contributed by atoms with Gasteiger partial charge < -0.3 is 4.74 Å². The van der Waals surface area contributed by atoms with E-state index >= 15 is 0 Å². The summed E-state index contributed by atoms with van der Waals surface area (Å²) in [4.78, 5) is 32.7. The van der Waals surface area contributed by atoms with Gasteiger partial charge in [0.1, 0.15) is 5.75 Å². The lowest BCUT2D eigenvalue weighted by Crippen LogP contribution is -2.21. The third-order valence-corrected chi connectivity index (χ3v) is 2.44. The van der Waals surface area contributed by atoms with E-state index in [1.54, 1.807) is 0 Å². The number of imide groups is 1. The Balaban J connectivity index is 2.58. The first kappa shape index (κ1) is 11.8. The maximum atomic E-state index is 11.5. The minimum absolute atomic E-state index is 0.0561. The fourth-order valence-corrected chi connectivity index (χ4v) is 1.63. The summed E-state index contributed by atoms with van der Waals surface area (Å²) in [7, 11) is 1.37. The van der Waals surface area contributed by atoms with Crippen LogP contribution in [0, 0.1) is 10.1 Å². The zero-order chi connectivity index (χ0) is 13.3. The van der Waals surface area contributed by atoms with Gasteiger partial charge in [-0.25, -0.2) is 0 Å². The van der Waals surface area contributed by atoms with Crippen molar-refractivity contribution in [2.24, 2.45) is 0 Å². The fourth-order valence-electron chi connectivity index (χ4n) is 1.63. The molecule has 0 aliphatic carbocycles. The highest BCUT2D eigenvalue weighted by Gasteiger charge is 2.26. The summed E-state index contributed by atoms with van der Waals surface area (Å²) in [6.45, 7) is 0. The molecule has 7 nitrogen and oxygen atoms in total. The molecule has 1 aromatic carbocycles. The summed E-state index contributed by atoms with van der Waals surface area (Å²) in [6.07, 6.45) is 1.09. The summed E-state index contributed by atoms with van der Waals surface area (Å²) in [5, 5.41) is 12.8. The van der Waals surface area contributed by atoms with E-state index in [-0.39, 0.29) is 22.6 Å². The molecule has 18 heavy (non-hydrogen) atoms. The Bertz CT molecular complexity index is 591. The van der Waals surface area contributed by atoms with E-state index in [2.05, 4.69) is 5.32 Å². The molecule has 1 heterocycles. The lowest BCUT2D eigenvalue weighted by molar-refractivity contribution is -0.384. The number of non-ortho nitro benzene ring substituents is 1. The van der Waals surface area contributed by atoms with Gasteiger partial charge in [-0.2, -0.15) is 0 Å². The minimum Gasteiger partial charge on any atom is -0.496 e. The van der Waals surface area contributed by atoms with Crippen LogP contribution in [0.2, 0.25) is 0 Å². The molecule has 0 saturated heterocycles. The van der Waals surface area contributed by atoms with E-state index in [1.165, 1.54) is 25.3 Å². The molecule has 7 heteroatoms. The number of rotatable bonds is 3. The molecule has 1 aromatic rings. The van der Waals surface area contributed by atoms with E-state index in [0.717, 1.165) is 6.08 Å². The normalized spacial score (nSPS) is 14.2. The number of carbonyl (C=O) groups is 2. The third-order valence-electron chi connectivity index (χ3n) is 2.44. The van der Waals surface area contributed by atoms with Crippen molar-refractivity contribution in [1.82, 2.24) is 5.32 Å². The molecule has 2 rings (SSSR count). The van der Waals surface area contributed by atoms with Crippen molar-refractivity contribution in [2.75, 3.05) is 7.11 Å². The van der Waals surface area contributed by atoms with Gasteiger partial charge in [0.2, 0.25) is 0 Å². The zero-order valence-corrected chi connectivity index (χ0v) is 9.30. The summed E-state index contributed by atoms with van der Waals surface area (Å²) in [5.41, 5.74) is 0.0921. The average molecular weight is 248 g/mol. The van der Waals surface area contributed by atoms with Gasteiger partial charge in [-0.3, -0.25) is 25.0 Å². The Kier molecular flexibility index (Phi) is 2.80. The second-order valence-corrected chi connectivity index (χ2v) is 3.52. The Morgan fingerprint density at radius 1 is 1.33 bits per heavy atom. The highest BCUT2D eigenvalue weighted by molar-refractivity contribution is 6.34. The Morgan fingerprint density at radius 3 is 2.56 bits per heavy atom. The Hall–Kier alpha value is -2.70. The summed E-state index contributed by atoms with van der Waals surface area (Å²) in [5.74, 6) is -0.862. The maximum Gasteiger partial charge on any atom is 0.270 e. The van der Waals surface area contributed by atoms with Gasteiger partial charge in [0, 0.05) is 23.8 Å². The Morgan fingerprint density at radius 2 is 2.06 bits per heavy atom. The topological polar surface area (TPSA) is 98.5 Å². The number of ether oxygens (including phenoxy) is 1. The number of nitro benzene ring substituents is 1. The first-order valence-corrected chi connectivity index (χ1v) is 4.92. The van der Waals surface area contributed by atoms with Gasteiger partial charge in [0.05, 0.1) is 17.6 Å². The monoisotopic (exact) mass is 248 g/mol. The Labute approximate surface area is 101 Å². The molecule has 0 fully saturated rings. The number of hydrogen-bond donors (Lipinski definition) is 1. The van der Waals surface area contributed by atoms with Crippen LogP contribution in [0.3, 0.4) is 0 Å².